The van der Waals surface area contributed by atoms with Crippen LogP contribution in [0.15, 0.2) is 24.4 Å². The Balaban J connectivity index is 2.61. The third kappa shape index (κ3) is 2.35. The minimum Gasteiger partial charge on any atom is -0.464 e. The van der Waals surface area contributed by atoms with Gasteiger partial charge < -0.3 is 10.5 Å². The molecule has 1 aromatic carbocycles. The summed E-state index contributed by atoms with van der Waals surface area (Å²) in [6.45, 7) is 0. The largest absolute Gasteiger partial charge is 0.464 e. The number of hydrogen-bond donors (Lipinski definition) is 1. The highest BCUT2D eigenvalue weighted by atomic mass is 19.1. The maximum atomic E-state index is 13.6. The summed E-state index contributed by atoms with van der Waals surface area (Å²) in [6, 6.07) is 3.38. The molecule has 2 rings (SSSR count). The summed E-state index contributed by atoms with van der Waals surface area (Å²) in [7, 11) is 1.14. The van der Waals surface area contributed by atoms with Gasteiger partial charge in [-0.2, -0.15) is 0 Å². The minimum absolute atomic E-state index is 0.134. The molecule has 0 amide bonds. The molecule has 2 N–H and O–H groups in total. The first-order valence-corrected chi connectivity index (χ1v) is 5.19. The van der Waals surface area contributed by atoms with Crippen molar-refractivity contribution in [3.63, 3.8) is 0 Å². The zero-order chi connectivity index (χ0) is 14.0. The number of anilines is 1. The molecular formula is C12H9F2N3O2. The van der Waals surface area contributed by atoms with E-state index in [4.69, 9.17) is 5.73 Å². The van der Waals surface area contributed by atoms with Crippen molar-refractivity contribution < 1.29 is 18.3 Å². The Hall–Kier alpha value is -2.57. The highest BCUT2D eigenvalue weighted by Gasteiger charge is 2.18. The molecule has 0 bridgehead atoms. The fourth-order valence-corrected chi connectivity index (χ4v) is 1.51. The van der Waals surface area contributed by atoms with Crippen molar-refractivity contribution in [1.29, 1.82) is 0 Å². The van der Waals surface area contributed by atoms with Gasteiger partial charge in [0.1, 0.15) is 11.6 Å². The molecule has 1 aromatic heterocycles. The number of ether oxygens (including phenoxy) is 1. The van der Waals surface area contributed by atoms with E-state index in [1.807, 2.05) is 0 Å². The van der Waals surface area contributed by atoms with Crippen LogP contribution in [0.1, 0.15) is 10.5 Å². The van der Waals surface area contributed by atoms with Gasteiger partial charge in [0.05, 0.1) is 24.6 Å². The molecule has 0 aliphatic rings. The van der Waals surface area contributed by atoms with Crippen LogP contribution in [0.2, 0.25) is 0 Å². The molecule has 0 aliphatic heterocycles. The maximum Gasteiger partial charge on any atom is 0.360 e. The van der Waals surface area contributed by atoms with Crippen molar-refractivity contribution in [2.45, 2.75) is 0 Å². The number of hydrogen-bond acceptors (Lipinski definition) is 5. The van der Waals surface area contributed by atoms with Crippen LogP contribution < -0.4 is 5.73 Å². The highest BCUT2D eigenvalue weighted by Crippen LogP contribution is 2.24. The zero-order valence-corrected chi connectivity index (χ0v) is 9.85. The number of methoxy groups -OCH3 is 1. The summed E-state index contributed by atoms with van der Waals surface area (Å²) in [4.78, 5) is 18.9. The first kappa shape index (κ1) is 12.9. The highest BCUT2D eigenvalue weighted by molar-refractivity contribution is 5.92. The number of nitrogens with zero attached hydrogens (tertiary/aromatic N) is 2. The van der Waals surface area contributed by atoms with E-state index in [0.717, 1.165) is 25.4 Å². The molecule has 98 valence electrons. The van der Waals surface area contributed by atoms with Gasteiger partial charge in [-0.1, -0.05) is 6.07 Å². The molecule has 0 aliphatic carbocycles. The van der Waals surface area contributed by atoms with Crippen molar-refractivity contribution in [2.24, 2.45) is 0 Å². The molecule has 0 saturated heterocycles. The van der Waals surface area contributed by atoms with Gasteiger partial charge in [-0.3, -0.25) is 0 Å². The number of rotatable bonds is 2. The number of halogens is 2. The number of aromatic nitrogens is 2. The van der Waals surface area contributed by atoms with Gasteiger partial charge in [0, 0.05) is 0 Å². The van der Waals surface area contributed by atoms with Crippen LogP contribution in [0.3, 0.4) is 0 Å². The number of benzene rings is 1. The number of esters is 1. The van der Waals surface area contributed by atoms with Crippen molar-refractivity contribution in [1.82, 2.24) is 9.97 Å². The van der Waals surface area contributed by atoms with Gasteiger partial charge in [0.15, 0.2) is 11.5 Å². The van der Waals surface area contributed by atoms with Gasteiger partial charge in [-0.25, -0.2) is 23.5 Å². The van der Waals surface area contributed by atoms with Crippen LogP contribution in [0.5, 0.6) is 0 Å². The number of nitrogen functional groups attached to an aromatic ring is 1. The molecule has 0 atom stereocenters. The lowest BCUT2D eigenvalue weighted by atomic mass is 10.1. The summed E-state index contributed by atoms with van der Waals surface area (Å²) in [5, 5.41) is 0. The number of carbonyl (C=O) groups is 1. The van der Waals surface area contributed by atoms with Gasteiger partial charge in [0.2, 0.25) is 0 Å². The minimum atomic E-state index is -0.830. The summed E-state index contributed by atoms with van der Waals surface area (Å²) in [6.07, 6.45) is 1.09. The van der Waals surface area contributed by atoms with E-state index >= 15 is 0 Å². The molecule has 5 nitrogen and oxygen atoms in total. The molecule has 0 fully saturated rings. The predicted molar refractivity (Wildman–Crippen MR) is 63.1 cm³/mol. The summed E-state index contributed by atoms with van der Waals surface area (Å²) < 4.78 is 31.7. The first-order valence-electron chi connectivity index (χ1n) is 5.19. The lowest BCUT2D eigenvalue weighted by Gasteiger charge is -2.07. The average Bonchev–Trinajstić information content (AvgIpc) is 2.39. The monoisotopic (exact) mass is 265 g/mol. The van der Waals surface area contributed by atoms with Crippen LogP contribution in [-0.2, 0) is 4.74 Å². The molecule has 0 unspecified atom stereocenters. The number of nitrogens with two attached hydrogens (primary N) is 1. The quantitative estimate of drug-likeness (QED) is 0.837. The summed E-state index contributed by atoms with van der Waals surface area (Å²) in [5.74, 6) is -2.62. The third-order valence-corrected chi connectivity index (χ3v) is 2.40. The smallest absolute Gasteiger partial charge is 0.360 e. The Morgan fingerprint density at radius 3 is 2.53 bits per heavy atom. The second kappa shape index (κ2) is 4.97. The van der Waals surface area contributed by atoms with E-state index in [-0.39, 0.29) is 22.8 Å². The second-order valence-corrected chi connectivity index (χ2v) is 3.58. The standard InChI is InChI=1S/C12H9F2N3O2/c1-19-12(18)10-11(15)16-5-8(17-10)9-6(13)3-2-4-7(9)14/h2-5H,1H3,(H2,15,16). The molecule has 1 heterocycles. The molecule has 19 heavy (non-hydrogen) atoms. The van der Waals surface area contributed by atoms with E-state index in [2.05, 4.69) is 14.7 Å². The van der Waals surface area contributed by atoms with Crippen LogP contribution in [0.25, 0.3) is 11.3 Å². The fraction of sp³-hybridized carbons (Fsp3) is 0.0833. The van der Waals surface area contributed by atoms with E-state index < -0.39 is 17.6 Å². The molecule has 0 saturated carbocycles. The zero-order valence-electron chi connectivity index (χ0n) is 9.85. The molecular weight excluding hydrogens is 256 g/mol. The molecule has 2 aromatic rings. The first-order chi connectivity index (χ1) is 9.04. The topological polar surface area (TPSA) is 78.1 Å². The lowest BCUT2D eigenvalue weighted by molar-refractivity contribution is 0.0595. The molecule has 0 radical (unpaired) electrons. The van der Waals surface area contributed by atoms with Gasteiger partial charge in [-0.15, -0.1) is 0 Å². The van der Waals surface area contributed by atoms with E-state index in [9.17, 15) is 13.6 Å². The van der Waals surface area contributed by atoms with Gasteiger partial charge in [-0.05, 0) is 12.1 Å². The average molecular weight is 265 g/mol. The van der Waals surface area contributed by atoms with Crippen LogP contribution >= 0.6 is 0 Å². The second-order valence-electron chi connectivity index (χ2n) is 3.58. The Morgan fingerprint density at radius 1 is 1.32 bits per heavy atom. The summed E-state index contributed by atoms with van der Waals surface area (Å²) >= 11 is 0. The van der Waals surface area contributed by atoms with Gasteiger partial charge >= 0.3 is 5.97 Å². The third-order valence-electron chi connectivity index (χ3n) is 2.40. The SMILES string of the molecule is COC(=O)c1nc(-c2c(F)cccc2F)cnc1N. The van der Waals surface area contributed by atoms with Crippen LogP contribution in [0, 0.1) is 11.6 Å². The Labute approximate surface area is 107 Å². The Morgan fingerprint density at radius 2 is 1.95 bits per heavy atom. The van der Waals surface area contributed by atoms with Crippen molar-refractivity contribution >= 4 is 11.8 Å². The number of carbonyl (C=O) groups excluding carboxylic acids is 1. The Bertz CT molecular complexity index is 627. The van der Waals surface area contributed by atoms with E-state index in [1.54, 1.807) is 0 Å². The fourth-order valence-electron chi connectivity index (χ4n) is 1.51. The lowest BCUT2D eigenvalue weighted by Crippen LogP contribution is -2.11. The normalized spacial score (nSPS) is 10.3. The van der Waals surface area contributed by atoms with Crippen LogP contribution in [-0.4, -0.2) is 23.0 Å². The summed E-state index contributed by atoms with van der Waals surface area (Å²) in [5.41, 5.74) is 4.66. The van der Waals surface area contributed by atoms with Gasteiger partial charge in [0.25, 0.3) is 0 Å². The van der Waals surface area contributed by atoms with E-state index in [1.165, 1.54) is 6.07 Å². The van der Waals surface area contributed by atoms with E-state index in [0.29, 0.717) is 0 Å². The molecule has 0 spiro atoms. The Kier molecular flexibility index (Phi) is 3.37. The van der Waals surface area contributed by atoms with Crippen molar-refractivity contribution in [3.8, 4) is 11.3 Å². The van der Waals surface area contributed by atoms with Crippen molar-refractivity contribution in [3.05, 3.63) is 41.7 Å². The van der Waals surface area contributed by atoms with Crippen molar-refractivity contribution in [2.75, 3.05) is 12.8 Å². The molecule has 7 heteroatoms. The predicted octanol–water partition coefficient (Wildman–Crippen LogP) is 1.79. The van der Waals surface area contributed by atoms with Crippen LogP contribution in [0.4, 0.5) is 14.6 Å². The maximum absolute atomic E-state index is 13.6.